The van der Waals surface area contributed by atoms with E-state index in [0.717, 1.165) is 12.0 Å². The summed E-state index contributed by atoms with van der Waals surface area (Å²) in [4.78, 5) is 9.92. The third kappa shape index (κ3) is 1.09. The molecule has 11 heavy (non-hydrogen) atoms. The summed E-state index contributed by atoms with van der Waals surface area (Å²) in [7, 11) is 0. The number of fused-ring (bicyclic) bond motifs is 2. The van der Waals surface area contributed by atoms with Gasteiger partial charge in [-0.25, -0.2) is 0 Å². The largest absolute Gasteiger partial charge is 0.272 e. The first-order chi connectivity index (χ1) is 4.77. The Hall–Kier alpha value is -1.03. The molecule has 1 aromatic rings. The fourth-order valence-corrected chi connectivity index (χ4v) is 1.16. The maximum Gasteiger partial charge on any atom is 0.272 e. The monoisotopic (exact) mass is 169 g/mol. The molecule has 2 aliphatic rings. The average molecular weight is 169 g/mol. The van der Waals surface area contributed by atoms with E-state index in [1.165, 1.54) is 5.56 Å². The van der Waals surface area contributed by atoms with Gasteiger partial charge in [0.2, 0.25) is 0 Å². The van der Waals surface area contributed by atoms with E-state index in [1.807, 2.05) is 6.07 Å². The van der Waals surface area contributed by atoms with Crippen molar-refractivity contribution in [2.75, 3.05) is 0 Å². The number of hydrogen-bond donors (Lipinski definition) is 0. The van der Waals surface area contributed by atoms with Crippen molar-refractivity contribution in [1.82, 2.24) is 0 Å². The van der Waals surface area contributed by atoms with Crippen LogP contribution < -0.4 is 0 Å². The molecule has 58 valence electrons. The summed E-state index contributed by atoms with van der Waals surface area (Å²) in [5.41, 5.74) is 2.32. The standard InChI is InChI=1S/C7H5NO2.H2S/c9-8(10)7-2-1-5-3-6(7)4-5;/h1-3H,4H2;1H2. The molecule has 0 N–H and O–H groups in total. The molecule has 0 fully saturated rings. The maximum absolute atomic E-state index is 10.3. The third-order valence-electron chi connectivity index (χ3n) is 1.74. The Balaban J connectivity index is 0.000000605. The third-order valence-corrected chi connectivity index (χ3v) is 1.74. The normalized spacial score (nSPS) is 11.3. The number of hydrogen-bond acceptors (Lipinski definition) is 2. The van der Waals surface area contributed by atoms with E-state index in [0.29, 0.717) is 0 Å². The minimum absolute atomic E-state index is 0. The van der Waals surface area contributed by atoms with Crippen molar-refractivity contribution in [2.45, 2.75) is 6.42 Å². The smallest absolute Gasteiger partial charge is 0.258 e. The van der Waals surface area contributed by atoms with E-state index in [9.17, 15) is 10.1 Å². The Bertz CT molecular complexity index is 308. The van der Waals surface area contributed by atoms with Crippen LogP contribution in [-0.4, -0.2) is 4.92 Å². The second-order valence-electron chi connectivity index (χ2n) is 2.40. The minimum Gasteiger partial charge on any atom is -0.258 e. The van der Waals surface area contributed by atoms with Crippen molar-refractivity contribution < 1.29 is 4.92 Å². The van der Waals surface area contributed by atoms with E-state index in [-0.39, 0.29) is 24.1 Å². The van der Waals surface area contributed by atoms with Crippen molar-refractivity contribution >= 4 is 19.2 Å². The van der Waals surface area contributed by atoms with Gasteiger partial charge in [-0.1, -0.05) is 6.07 Å². The Morgan fingerprint density at radius 1 is 1.45 bits per heavy atom. The van der Waals surface area contributed by atoms with E-state index in [2.05, 4.69) is 0 Å². The molecule has 0 unspecified atom stereocenters. The van der Waals surface area contributed by atoms with Crippen molar-refractivity contribution in [3.63, 3.8) is 0 Å². The molecule has 0 spiro atoms. The Morgan fingerprint density at radius 2 is 2.09 bits per heavy atom. The van der Waals surface area contributed by atoms with Gasteiger partial charge in [-0.15, -0.1) is 0 Å². The van der Waals surface area contributed by atoms with Crippen LogP contribution in [0.4, 0.5) is 5.69 Å². The van der Waals surface area contributed by atoms with Crippen LogP contribution in [0.2, 0.25) is 0 Å². The predicted molar refractivity (Wildman–Crippen MR) is 46.3 cm³/mol. The number of nitro benzene ring substituents is 1. The first kappa shape index (κ1) is 8.07. The highest BCUT2D eigenvalue weighted by Gasteiger charge is 2.20. The van der Waals surface area contributed by atoms with E-state index >= 15 is 0 Å². The SMILES string of the molecule is O=[N+]([O-])c1ccc2cc1C2.S. The van der Waals surface area contributed by atoms with E-state index in [1.54, 1.807) is 12.1 Å². The molecular formula is C7H7NO2S. The predicted octanol–water partition coefficient (Wildman–Crippen LogP) is 1.61. The number of nitrogens with zero attached hydrogens (tertiary/aromatic N) is 1. The van der Waals surface area contributed by atoms with Gasteiger partial charge in [-0.2, -0.15) is 13.5 Å². The molecule has 0 atom stereocenters. The summed E-state index contributed by atoms with van der Waals surface area (Å²) in [6.45, 7) is 0. The van der Waals surface area contributed by atoms with Crippen LogP contribution >= 0.6 is 13.5 Å². The molecule has 0 radical (unpaired) electrons. The van der Waals surface area contributed by atoms with Crippen LogP contribution in [0.1, 0.15) is 11.1 Å². The van der Waals surface area contributed by atoms with Crippen LogP contribution in [-0.2, 0) is 6.42 Å². The fraction of sp³-hybridized carbons (Fsp3) is 0.143. The van der Waals surface area contributed by atoms with Crippen LogP contribution in [0.3, 0.4) is 0 Å². The number of rotatable bonds is 1. The minimum atomic E-state index is -0.335. The molecule has 3 rings (SSSR count). The van der Waals surface area contributed by atoms with Crippen LogP contribution in [0.15, 0.2) is 18.2 Å². The highest BCUT2D eigenvalue weighted by molar-refractivity contribution is 7.59. The molecule has 0 saturated carbocycles. The van der Waals surface area contributed by atoms with Gasteiger partial charge < -0.3 is 0 Å². The van der Waals surface area contributed by atoms with Crippen LogP contribution in [0, 0.1) is 10.1 Å². The summed E-state index contributed by atoms with van der Waals surface area (Å²) < 4.78 is 0. The second-order valence-corrected chi connectivity index (χ2v) is 2.40. The lowest BCUT2D eigenvalue weighted by atomic mass is 9.92. The summed E-state index contributed by atoms with van der Waals surface area (Å²) in [6.07, 6.45) is 0.785. The quantitative estimate of drug-likeness (QED) is 0.481. The van der Waals surface area contributed by atoms with Gasteiger partial charge in [0.05, 0.1) is 4.92 Å². The van der Waals surface area contributed by atoms with Gasteiger partial charge in [-0.05, 0) is 11.6 Å². The molecule has 0 aliphatic heterocycles. The van der Waals surface area contributed by atoms with Gasteiger partial charge in [0.15, 0.2) is 0 Å². The van der Waals surface area contributed by atoms with Gasteiger partial charge >= 0.3 is 0 Å². The first-order valence-electron chi connectivity index (χ1n) is 3.03. The fourth-order valence-electron chi connectivity index (χ4n) is 1.16. The Morgan fingerprint density at radius 3 is 2.36 bits per heavy atom. The lowest BCUT2D eigenvalue weighted by molar-refractivity contribution is -0.385. The van der Waals surface area contributed by atoms with E-state index < -0.39 is 0 Å². The zero-order valence-electron chi connectivity index (χ0n) is 5.70. The average Bonchev–Trinajstić information content (AvgIpc) is 1.86. The molecule has 2 bridgehead atoms. The van der Waals surface area contributed by atoms with E-state index in [4.69, 9.17) is 0 Å². The lowest BCUT2D eigenvalue weighted by Gasteiger charge is -2.12. The highest BCUT2D eigenvalue weighted by atomic mass is 32.1. The molecule has 3 nitrogen and oxygen atoms in total. The van der Waals surface area contributed by atoms with Crippen molar-refractivity contribution in [2.24, 2.45) is 0 Å². The maximum atomic E-state index is 10.3. The molecule has 0 heterocycles. The van der Waals surface area contributed by atoms with Crippen LogP contribution in [0.5, 0.6) is 0 Å². The molecule has 0 saturated heterocycles. The first-order valence-corrected chi connectivity index (χ1v) is 3.03. The molecule has 0 aromatic heterocycles. The topological polar surface area (TPSA) is 43.1 Å². The molecule has 1 aromatic carbocycles. The van der Waals surface area contributed by atoms with Crippen molar-refractivity contribution in [1.29, 1.82) is 0 Å². The zero-order chi connectivity index (χ0) is 7.14. The Kier molecular flexibility index (Phi) is 1.87. The van der Waals surface area contributed by atoms with Crippen LogP contribution in [0.25, 0.3) is 0 Å². The van der Waals surface area contributed by atoms with Gasteiger partial charge in [-0.3, -0.25) is 10.1 Å². The van der Waals surface area contributed by atoms with Crippen molar-refractivity contribution in [3.8, 4) is 0 Å². The van der Waals surface area contributed by atoms with Crippen molar-refractivity contribution in [3.05, 3.63) is 39.4 Å². The molecular weight excluding hydrogens is 162 g/mol. The number of benzene rings is 1. The zero-order valence-corrected chi connectivity index (χ0v) is 6.70. The summed E-state index contributed by atoms with van der Waals surface area (Å²) in [5.74, 6) is 0. The summed E-state index contributed by atoms with van der Waals surface area (Å²) in [5, 5.41) is 10.3. The van der Waals surface area contributed by atoms with Gasteiger partial charge in [0.25, 0.3) is 5.69 Å². The lowest BCUT2D eigenvalue weighted by Crippen LogP contribution is -2.04. The van der Waals surface area contributed by atoms with Gasteiger partial charge in [0.1, 0.15) is 0 Å². The molecule has 4 heteroatoms. The summed E-state index contributed by atoms with van der Waals surface area (Å²) in [6, 6.07) is 5.22. The molecule has 2 aliphatic carbocycles. The second kappa shape index (κ2) is 2.54. The Labute approximate surface area is 70.6 Å². The number of nitro groups is 1. The van der Waals surface area contributed by atoms with Gasteiger partial charge in [0, 0.05) is 18.1 Å². The highest BCUT2D eigenvalue weighted by Crippen LogP contribution is 2.30. The molecule has 0 amide bonds. The summed E-state index contributed by atoms with van der Waals surface area (Å²) >= 11 is 0.